The monoisotopic (exact) mass is 472 g/mol. The van der Waals surface area contributed by atoms with Crippen LogP contribution >= 0.6 is 23.1 Å². The summed E-state index contributed by atoms with van der Waals surface area (Å²) in [5, 5.41) is 0.979. The Bertz CT molecular complexity index is 1500. The second kappa shape index (κ2) is 9.13. The third-order valence-corrected chi connectivity index (χ3v) is 7.12. The lowest BCUT2D eigenvalue weighted by molar-refractivity contribution is 0.102. The van der Waals surface area contributed by atoms with Crippen molar-refractivity contribution >= 4 is 39.1 Å². The third kappa shape index (κ3) is 4.37. The molecule has 0 bridgehead atoms. The zero-order valence-electron chi connectivity index (χ0n) is 17.3. The van der Waals surface area contributed by atoms with Crippen LogP contribution in [0, 0.1) is 5.82 Å². The van der Waals surface area contributed by atoms with Gasteiger partial charge >= 0.3 is 0 Å². The maximum absolute atomic E-state index is 13.5. The minimum atomic E-state index is -0.392. The molecule has 2 heterocycles. The zero-order chi connectivity index (χ0) is 22.8. The minimum Gasteiger partial charge on any atom is -0.293 e. The Hall–Kier alpha value is -3.55. The Kier molecular flexibility index (Phi) is 5.90. The number of para-hydroxylation sites is 1. The lowest BCUT2D eigenvalue weighted by Crippen LogP contribution is -2.21. The van der Waals surface area contributed by atoms with Gasteiger partial charge in [-0.25, -0.2) is 9.37 Å². The number of thioether (sulfide) groups is 1. The maximum atomic E-state index is 13.5. The summed E-state index contributed by atoms with van der Waals surface area (Å²) in [7, 11) is 0. The Morgan fingerprint density at radius 2 is 1.61 bits per heavy atom. The lowest BCUT2D eigenvalue weighted by atomic mass is 10.1. The molecular formula is C26H17FN2O2S2. The van der Waals surface area contributed by atoms with E-state index < -0.39 is 5.82 Å². The highest BCUT2D eigenvalue weighted by atomic mass is 32.2. The summed E-state index contributed by atoms with van der Waals surface area (Å²) in [5.74, 6) is -0.478. The molecular weight excluding hydrogens is 455 g/mol. The van der Waals surface area contributed by atoms with E-state index in [1.807, 2.05) is 66.7 Å². The van der Waals surface area contributed by atoms with Crippen LogP contribution in [0.3, 0.4) is 0 Å². The van der Waals surface area contributed by atoms with Gasteiger partial charge in [0.1, 0.15) is 10.6 Å². The number of thiophene rings is 1. The summed E-state index contributed by atoms with van der Waals surface area (Å²) in [6.45, 7) is 0. The van der Waals surface area contributed by atoms with Gasteiger partial charge in [-0.3, -0.25) is 14.2 Å². The first kappa shape index (κ1) is 21.3. The SMILES string of the molecule is O=C(CSc1nc2sc(-c3ccccc3)cc2c(=O)n1-c1ccccc1)c1ccc(F)cc1. The summed E-state index contributed by atoms with van der Waals surface area (Å²) in [4.78, 5) is 32.6. The number of hydrogen-bond acceptors (Lipinski definition) is 5. The van der Waals surface area contributed by atoms with Crippen molar-refractivity contribution in [2.75, 3.05) is 5.75 Å². The van der Waals surface area contributed by atoms with E-state index in [1.165, 1.54) is 47.4 Å². The van der Waals surface area contributed by atoms with Gasteiger partial charge < -0.3 is 0 Å². The number of ketones is 1. The number of nitrogens with zero attached hydrogens (tertiary/aromatic N) is 2. The molecule has 0 unspecified atom stereocenters. The molecule has 3 aromatic carbocycles. The topological polar surface area (TPSA) is 52.0 Å². The Morgan fingerprint density at radius 1 is 0.939 bits per heavy atom. The molecule has 0 N–H and O–H groups in total. The highest BCUT2D eigenvalue weighted by Gasteiger charge is 2.18. The second-order valence-electron chi connectivity index (χ2n) is 7.28. The fourth-order valence-corrected chi connectivity index (χ4v) is 5.44. The van der Waals surface area contributed by atoms with E-state index in [1.54, 1.807) is 4.57 Å². The van der Waals surface area contributed by atoms with Crippen molar-refractivity contribution in [1.82, 2.24) is 9.55 Å². The summed E-state index contributed by atoms with van der Waals surface area (Å²) >= 11 is 2.65. The van der Waals surface area contributed by atoms with Gasteiger partial charge in [0.2, 0.25) is 0 Å². The molecule has 7 heteroatoms. The number of rotatable bonds is 6. The predicted octanol–water partition coefficient (Wildman–Crippen LogP) is 6.23. The van der Waals surface area contributed by atoms with E-state index in [0.717, 1.165) is 10.4 Å². The van der Waals surface area contributed by atoms with Gasteiger partial charge in [-0.2, -0.15) is 0 Å². The quantitative estimate of drug-likeness (QED) is 0.167. The summed E-state index contributed by atoms with van der Waals surface area (Å²) < 4.78 is 14.7. The lowest BCUT2D eigenvalue weighted by Gasteiger charge is -2.11. The van der Waals surface area contributed by atoms with Crippen LogP contribution in [-0.4, -0.2) is 21.1 Å². The van der Waals surface area contributed by atoms with Gasteiger partial charge in [-0.1, -0.05) is 60.3 Å². The van der Waals surface area contributed by atoms with Gasteiger partial charge in [0.05, 0.1) is 16.8 Å². The molecule has 0 amide bonds. The van der Waals surface area contributed by atoms with Crippen LogP contribution in [0.15, 0.2) is 101 Å². The number of halogens is 1. The van der Waals surface area contributed by atoms with Gasteiger partial charge in [0.15, 0.2) is 10.9 Å². The largest absolute Gasteiger partial charge is 0.293 e. The van der Waals surface area contributed by atoms with Crippen LogP contribution in [0.4, 0.5) is 4.39 Å². The molecule has 33 heavy (non-hydrogen) atoms. The number of aromatic nitrogens is 2. The Labute approximate surface area is 197 Å². The first-order valence-electron chi connectivity index (χ1n) is 10.2. The molecule has 5 rings (SSSR count). The zero-order valence-corrected chi connectivity index (χ0v) is 18.9. The van der Waals surface area contributed by atoms with Crippen molar-refractivity contribution in [3.05, 3.63) is 113 Å². The molecule has 0 atom stereocenters. The average Bonchev–Trinajstić information content (AvgIpc) is 3.29. The van der Waals surface area contributed by atoms with E-state index in [2.05, 4.69) is 0 Å². The summed E-state index contributed by atoms with van der Waals surface area (Å²) in [6, 6.07) is 26.4. The van der Waals surface area contributed by atoms with Crippen molar-refractivity contribution in [3.63, 3.8) is 0 Å². The molecule has 0 aliphatic carbocycles. The fourth-order valence-electron chi connectivity index (χ4n) is 3.46. The van der Waals surface area contributed by atoms with Crippen LogP contribution in [0.5, 0.6) is 0 Å². The van der Waals surface area contributed by atoms with Crippen LogP contribution in [0.1, 0.15) is 10.4 Å². The Morgan fingerprint density at radius 3 is 2.30 bits per heavy atom. The molecule has 5 aromatic rings. The molecule has 0 saturated heterocycles. The van der Waals surface area contributed by atoms with Gasteiger partial charge in [-0.05, 0) is 48.0 Å². The average molecular weight is 473 g/mol. The molecule has 2 aromatic heterocycles. The number of fused-ring (bicyclic) bond motifs is 1. The number of benzene rings is 3. The molecule has 0 aliphatic rings. The number of hydrogen-bond donors (Lipinski definition) is 0. The normalized spacial score (nSPS) is 11.1. The first-order chi connectivity index (χ1) is 16.1. The summed E-state index contributed by atoms with van der Waals surface area (Å²) in [5.41, 5.74) is 1.94. The maximum Gasteiger partial charge on any atom is 0.267 e. The van der Waals surface area contributed by atoms with Crippen molar-refractivity contribution in [3.8, 4) is 16.1 Å². The van der Waals surface area contributed by atoms with Gasteiger partial charge in [-0.15, -0.1) is 11.3 Å². The Balaban J connectivity index is 1.57. The number of carbonyl (C=O) groups excluding carboxylic acids is 1. The van der Waals surface area contributed by atoms with Gasteiger partial charge in [0, 0.05) is 10.4 Å². The minimum absolute atomic E-state index is 0.0767. The molecule has 0 saturated carbocycles. The van der Waals surface area contributed by atoms with Gasteiger partial charge in [0.25, 0.3) is 5.56 Å². The van der Waals surface area contributed by atoms with Crippen LogP contribution in [0.2, 0.25) is 0 Å². The molecule has 162 valence electrons. The molecule has 0 radical (unpaired) electrons. The van der Waals surface area contributed by atoms with E-state index in [4.69, 9.17) is 4.98 Å². The van der Waals surface area contributed by atoms with Crippen molar-refractivity contribution < 1.29 is 9.18 Å². The molecule has 0 aliphatic heterocycles. The van der Waals surface area contributed by atoms with Crippen LogP contribution < -0.4 is 5.56 Å². The van der Waals surface area contributed by atoms with Crippen LogP contribution in [0.25, 0.3) is 26.3 Å². The first-order valence-corrected chi connectivity index (χ1v) is 12.0. The van der Waals surface area contributed by atoms with Crippen molar-refractivity contribution in [1.29, 1.82) is 0 Å². The van der Waals surface area contributed by atoms with E-state index in [-0.39, 0.29) is 17.1 Å². The standard InChI is InChI=1S/C26H17FN2O2S2/c27-19-13-11-17(12-14-19)22(30)16-32-26-28-24-21(15-23(33-24)18-7-3-1-4-8-18)25(31)29(26)20-9-5-2-6-10-20/h1-15H,16H2. The second-order valence-corrected chi connectivity index (χ2v) is 9.26. The number of carbonyl (C=O) groups is 1. The molecule has 0 fully saturated rings. The molecule has 4 nitrogen and oxygen atoms in total. The predicted molar refractivity (Wildman–Crippen MR) is 132 cm³/mol. The highest BCUT2D eigenvalue weighted by molar-refractivity contribution is 7.99. The van der Waals surface area contributed by atoms with E-state index in [0.29, 0.717) is 26.6 Å². The van der Waals surface area contributed by atoms with Crippen molar-refractivity contribution in [2.24, 2.45) is 0 Å². The third-order valence-electron chi connectivity index (χ3n) is 5.11. The highest BCUT2D eigenvalue weighted by Crippen LogP contribution is 2.32. The summed E-state index contributed by atoms with van der Waals surface area (Å²) in [6.07, 6.45) is 0. The molecule has 0 spiro atoms. The van der Waals surface area contributed by atoms with Crippen LogP contribution in [-0.2, 0) is 0 Å². The van der Waals surface area contributed by atoms with Crippen molar-refractivity contribution in [2.45, 2.75) is 5.16 Å². The van der Waals surface area contributed by atoms with E-state index in [9.17, 15) is 14.0 Å². The smallest absolute Gasteiger partial charge is 0.267 e. The van der Waals surface area contributed by atoms with E-state index >= 15 is 0 Å². The fraction of sp³-hybridized carbons (Fsp3) is 0.0385. The number of Topliss-reactive ketones (excluding diaryl/α,β-unsaturated/α-hetero) is 1.